The minimum atomic E-state index is 0.101. The summed E-state index contributed by atoms with van der Waals surface area (Å²) in [6.07, 6.45) is 4.37. The molecule has 7 aromatic rings. The van der Waals surface area contributed by atoms with Gasteiger partial charge >= 0.3 is 0 Å². The zero-order valence-electron chi connectivity index (χ0n) is 27.8. The fourth-order valence-corrected chi connectivity index (χ4v) is 6.14. The van der Waals surface area contributed by atoms with Crippen LogP contribution in [0.15, 0.2) is 176 Å². The monoisotopic (exact) mass is 620 g/mol. The largest absolute Gasteiger partial charge is 0.311 e. The van der Waals surface area contributed by atoms with E-state index >= 15 is 0 Å². The average Bonchev–Trinajstić information content (AvgIpc) is 3.13. The van der Waals surface area contributed by atoms with Crippen LogP contribution in [0.25, 0.3) is 22.9 Å². The van der Waals surface area contributed by atoms with E-state index in [2.05, 4.69) is 219 Å². The van der Waals surface area contributed by atoms with Gasteiger partial charge in [0.25, 0.3) is 0 Å². The highest BCUT2D eigenvalue weighted by molar-refractivity contribution is 5.89. The highest BCUT2D eigenvalue weighted by Gasteiger charge is 2.17. The second-order valence-corrected chi connectivity index (χ2v) is 13.2. The molecule has 0 N–H and O–H groups in total. The van der Waals surface area contributed by atoms with Crippen molar-refractivity contribution in [2.45, 2.75) is 26.2 Å². The molecule has 0 saturated heterocycles. The van der Waals surface area contributed by atoms with E-state index in [9.17, 15) is 0 Å². The van der Waals surface area contributed by atoms with E-state index in [1.165, 1.54) is 16.3 Å². The Morgan fingerprint density at radius 2 is 0.729 bits per heavy atom. The summed E-state index contributed by atoms with van der Waals surface area (Å²) in [7, 11) is 0. The number of hydrogen-bond acceptors (Lipinski definition) is 2. The lowest BCUT2D eigenvalue weighted by Gasteiger charge is -2.27. The molecule has 0 aromatic heterocycles. The van der Waals surface area contributed by atoms with Gasteiger partial charge in [0.05, 0.1) is 0 Å². The molecule has 0 heterocycles. The van der Waals surface area contributed by atoms with Gasteiger partial charge in [0, 0.05) is 34.1 Å². The molecule has 7 aromatic carbocycles. The molecule has 0 atom stereocenters. The van der Waals surface area contributed by atoms with Crippen molar-refractivity contribution in [1.29, 1.82) is 0 Å². The number of nitrogens with zero attached hydrogens (tertiary/aromatic N) is 2. The molecule has 0 radical (unpaired) electrons. The summed E-state index contributed by atoms with van der Waals surface area (Å²) in [6.45, 7) is 6.77. The van der Waals surface area contributed by atoms with Crippen LogP contribution in [0.5, 0.6) is 0 Å². The molecule has 234 valence electrons. The molecule has 0 saturated carbocycles. The Bertz CT molecular complexity index is 2080. The van der Waals surface area contributed by atoms with E-state index in [-0.39, 0.29) is 5.41 Å². The van der Waals surface area contributed by atoms with Crippen molar-refractivity contribution in [3.8, 4) is 0 Å². The van der Waals surface area contributed by atoms with Crippen molar-refractivity contribution >= 4 is 57.0 Å². The first kappa shape index (κ1) is 30.8. The van der Waals surface area contributed by atoms with E-state index in [0.29, 0.717) is 0 Å². The van der Waals surface area contributed by atoms with Crippen LogP contribution in [-0.4, -0.2) is 0 Å². The van der Waals surface area contributed by atoms with Crippen LogP contribution in [0, 0.1) is 0 Å². The summed E-state index contributed by atoms with van der Waals surface area (Å²) in [5.41, 5.74) is 10.5. The van der Waals surface area contributed by atoms with Crippen LogP contribution in [0.1, 0.15) is 37.5 Å². The molecular weight excluding hydrogens is 581 g/mol. The van der Waals surface area contributed by atoms with E-state index in [0.717, 1.165) is 45.3 Å². The number of hydrogen-bond donors (Lipinski definition) is 0. The predicted octanol–water partition coefficient (Wildman–Crippen LogP) is 13.2. The molecule has 0 aliphatic rings. The summed E-state index contributed by atoms with van der Waals surface area (Å²) in [5, 5.41) is 2.47. The van der Waals surface area contributed by atoms with Gasteiger partial charge in [-0.2, -0.15) is 0 Å². The fourth-order valence-electron chi connectivity index (χ4n) is 6.14. The lowest BCUT2D eigenvalue weighted by Crippen LogP contribution is -2.13. The van der Waals surface area contributed by atoms with Gasteiger partial charge in [0.1, 0.15) is 0 Å². The highest BCUT2D eigenvalue weighted by Crippen LogP contribution is 2.38. The number of fused-ring (bicyclic) bond motifs is 1. The fraction of sp³-hybridized carbons (Fsp3) is 0.0870. The lowest BCUT2D eigenvalue weighted by atomic mass is 9.87. The van der Waals surface area contributed by atoms with E-state index in [1.54, 1.807) is 0 Å². The van der Waals surface area contributed by atoms with Crippen molar-refractivity contribution in [2.75, 3.05) is 9.80 Å². The zero-order chi connectivity index (χ0) is 32.9. The maximum Gasteiger partial charge on any atom is 0.0468 e. The Morgan fingerprint density at radius 1 is 0.354 bits per heavy atom. The quantitative estimate of drug-likeness (QED) is 0.156. The number of benzene rings is 7. The standard InChI is InChI=1S/C46H40N2/c1-46(2,3)39-25-32-44(33-26-39)48(45-31-24-37-12-10-11-13-38(37)34-45)43-29-22-36(23-30-43)19-18-35-20-27-42(28-21-35)47(40-14-6-4-7-15-40)41-16-8-5-9-17-41/h4-34H,1-3H3/b19-18+. The van der Waals surface area contributed by atoms with Gasteiger partial charge in [0.2, 0.25) is 0 Å². The van der Waals surface area contributed by atoms with Gasteiger partial charge in [-0.15, -0.1) is 0 Å². The molecule has 0 aliphatic carbocycles. The molecule has 48 heavy (non-hydrogen) atoms. The van der Waals surface area contributed by atoms with Gasteiger partial charge < -0.3 is 9.80 Å². The van der Waals surface area contributed by atoms with E-state index < -0.39 is 0 Å². The van der Waals surface area contributed by atoms with Crippen molar-refractivity contribution < 1.29 is 0 Å². The molecule has 7 rings (SSSR count). The minimum absolute atomic E-state index is 0.101. The van der Waals surface area contributed by atoms with Crippen LogP contribution in [0.2, 0.25) is 0 Å². The van der Waals surface area contributed by atoms with Gasteiger partial charge in [0.15, 0.2) is 0 Å². The van der Waals surface area contributed by atoms with Crippen LogP contribution in [-0.2, 0) is 5.41 Å². The number of rotatable bonds is 8. The summed E-state index contributed by atoms with van der Waals surface area (Å²) in [5.74, 6) is 0. The Labute approximate surface area is 284 Å². The van der Waals surface area contributed by atoms with Crippen molar-refractivity contribution in [3.05, 3.63) is 193 Å². The molecule has 0 bridgehead atoms. The number of para-hydroxylation sites is 2. The van der Waals surface area contributed by atoms with Crippen molar-refractivity contribution in [3.63, 3.8) is 0 Å². The topological polar surface area (TPSA) is 6.48 Å². The summed E-state index contributed by atoms with van der Waals surface area (Å²) in [4.78, 5) is 4.63. The third-order valence-electron chi connectivity index (χ3n) is 8.78. The second-order valence-electron chi connectivity index (χ2n) is 13.2. The van der Waals surface area contributed by atoms with Gasteiger partial charge in [-0.05, 0) is 106 Å². The molecule has 0 aliphatic heterocycles. The summed E-state index contributed by atoms with van der Waals surface area (Å²) in [6, 6.07) is 62.8. The Hall–Kier alpha value is -5.86. The maximum atomic E-state index is 2.34. The molecule has 0 fully saturated rings. The Balaban J connectivity index is 1.15. The third-order valence-corrected chi connectivity index (χ3v) is 8.78. The van der Waals surface area contributed by atoms with Crippen LogP contribution in [0.4, 0.5) is 34.1 Å². The molecule has 0 spiro atoms. The van der Waals surface area contributed by atoms with Gasteiger partial charge in [-0.25, -0.2) is 0 Å². The average molecular weight is 621 g/mol. The summed E-state index contributed by atoms with van der Waals surface area (Å²) >= 11 is 0. The molecule has 0 amide bonds. The first-order chi connectivity index (χ1) is 23.4. The van der Waals surface area contributed by atoms with E-state index in [4.69, 9.17) is 0 Å². The van der Waals surface area contributed by atoms with Crippen LogP contribution in [0.3, 0.4) is 0 Å². The van der Waals surface area contributed by atoms with Crippen molar-refractivity contribution in [1.82, 2.24) is 0 Å². The summed E-state index contributed by atoms with van der Waals surface area (Å²) < 4.78 is 0. The van der Waals surface area contributed by atoms with Crippen LogP contribution < -0.4 is 9.80 Å². The van der Waals surface area contributed by atoms with Gasteiger partial charge in [-0.3, -0.25) is 0 Å². The second kappa shape index (κ2) is 13.5. The van der Waals surface area contributed by atoms with E-state index in [1.807, 2.05) is 0 Å². The zero-order valence-corrected chi connectivity index (χ0v) is 27.8. The Morgan fingerprint density at radius 3 is 1.21 bits per heavy atom. The van der Waals surface area contributed by atoms with Crippen LogP contribution >= 0.6 is 0 Å². The maximum absolute atomic E-state index is 2.34. The Kier molecular flexibility index (Phi) is 8.64. The minimum Gasteiger partial charge on any atom is -0.311 e. The first-order valence-corrected chi connectivity index (χ1v) is 16.6. The van der Waals surface area contributed by atoms with Gasteiger partial charge in [-0.1, -0.05) is 136 Å². The molecule has 0 unspecified atom stereocenters. The predicted molar refractivity (Wildman–Crippen MR) is 207 cm³/mol. The lowest BCUT2D eigenvalue weighted by molar-refractivity contribution is 0.590. The SMILES string of the molecule is CC(C)(C)c1ccc(N(c2ccc(/C=C/c3ccc(N(c4ccccc4)c4ccccc4)cc3)cc2)c2ccc3ccccc3c2)cc1. The molecule has 2 nitrogen and oxygen atoms in total. The highest BCUT2D eigenvalue weighted by atomic mass is 15.1. The molecule has 2 heteroatoms. The smallest absolute Gasteiger partial charge is 0.0468 e. The first-order valence-electron chi connectivity index (χ1n) is 16.6. The number of anilines is 6. The third kappa shape index (κ3) is 6.79. The molecular formula is C46H40N2. The normalized spacial score (nSPS) is 11.6. The van der Waals surface area contributed by atoms with Crippen molar-refractivity contribution in [2.24, 2.45) is 0 Å².